The Morgan fingerprint density at radius 3 is 2.86 bits per heavy atom. The van der Waals surface area contributed by atoms with Crippen molar-refractivity contribution in [1.29, 1.82) is 0 Å². The molecule has 0 radical (unpaired) electrons. The van der Waals surface area contributed by atoms with E-state index >= 15 is 0 Å². The van der Waals surface area contributed by atoms with Gasteiger partial charge in [0, 0.05) is 39.9 Å². The Bertz CT molecular complexity index is 1810. The number of fused-ring (bicyclic) bond motifs is 1. The molecule has 0 saturated carbocycles. The van der Waals surface area contributed by atoms with Gasteiger partial charge in [0.25, 0.3) is 5.91 Å². The van der Waals surface area contributed by atoms with E-state index < -0.39 is 6.29 Å². The molecule has 1 atom stereocenters. The Kier molecular flexibility index (Phi) is 9.43. The number of carbonyl (C=O) groups excluding carboxylic acids is 1. The third kappa shape index (κ3) is 7.59. The summed E-state index contributed by atoms with van der Waals surface area (Å²) in [6, 6.07) is 21.5. The van der Waals surface area contributed by atoms with E-state index in [2.05, 4.69) is 20.8 Å². The lowest BCUT2D eigenvalue weighted by Crippen LogP contribution is -2.32. The van der Waals surface area contributed by atoms with Crippen molar-refractivity contribution in [3.8, 4) is 16.2 Å². The monoisotopic (exact) mass is 630 g/mol. The summed E-state index contributed by atoms with van der Waals surface area (Å²) in [7, 11) is 0. The summed E-state index contributed by atoms with van der Waals surface area (Å²) in [5.74, 6) is 0.446. The molecule has 6 rings (SSSR count). The Labute approximate surface area is 262 Å². The van der Waals surface area contributed by atoms with Crippen molar-refractivity contribution in [2.45, 2.75) is 32.2 Å². The summed E-state index contributed by atoms with van der Waals surface area (Å²) >= 11 is 8.06. The number of thiophene rings is 1. The maximum absolute atomic E-state index is 13.5. The van der Waals surface area contributed by atoms with Crippen molar-refractivity contribution in [1.82, 2.24) is 15.4 Å². The summed E-state index contributed by atoms with van der Waals surface area (Å²) in [6.45, 7) is 0.839. The molecule has 0 bridgehead atoms. The number of halogens is 2. The van der Waals surface area contributed by atoms with Crippen molar-refractivity contribution in [3.63, 3.8) is 0 Å². The standard InChI is InChI=1S/C33H28ClFN4O4S/c34-27-18-24(8-12-29(27)42-19-21-4-3-5-23(35)16-21)38-33-26-17-22(7-11-28(26)36-20-37-33)30-13-9-25(44-30)10-14-31(40)39-43-32-6-1-2-15-41-32/h3-5,7-14,16-18,20,32H,1-2,6,15,19H2,(H,39,40)(H,36,37,38)/b14-10+. The smallest absolute Gasteiger partial charge is 0.267 e. The maximum Gasteiger partial charge on any atom is 0.267 e. The summed E-state index contributed by atoms with van der Waals surface area (Å²) in [4.78, 5) is 28.4. The number of hydroxylamine groups is 1. The number of anilines is 2. The predicted molar refractivity (Wildman–Crippen MR) is 170 cm³/mol. The average molecular weight is 631 g/mol. The Morgan fingerprint density at radius 2 is 2.02 bits per heavy atom. The molecule has 2 aromatic heterocycles. The van der Waals surface area contributed by atoms with Crippen LogP contribution in [0.3, 0.4) is 0 Å². The fraction of sp³-hybridized carbons (Fsp3) is 0.182. The molecule has 5 aromatic rings. The number of amides is 1. The van der Waals surface area contributed by atoms with Gasteiger partial charge in [-0.3, -0.25) is 4.79 Å². The van der Waals surface area contributed by atoms with Gasteiger partial charge in [0.1, 0.15) is 30.3 Å². The third-order valence-electron chi connectivity index (χ3n) is 6.85. The van der Waals surface area contributed by atoms with Crippen LogP contribution in [0, 0.1) is 5.82 Å². The highest BCUT2D eigenvalue weighted by molar-refractivity contribution is 7.16. The largest absolute Gasteiger partial charge is 0.487 e. The first-order chi connectivity index (χ1) is 21.5. The van der Waals surface area contributed by atoms with Gasteiger partial charge in [0.2, 0.25) is 0 Å². The van der Waals surface area contributed by atoms with Gasteiger partial charge >= 0.3 is 0 Å². The first-order valence-corrected chi connectivity index (χ1v) is 15.2. The van der Waals surface area contributed by atoms with Gasteiger partial charge < -0.3 is 14.8 Å². The second-order valence-corrected chi connectivity index (χ2v) is 11.6. The minimum Gasteiger partial charge on any atom is -0.487 e. The average Bonchev–Trinajstić information content (AvgIpc) is 3.52. The van der Waals surface area contributed by atoms with E-state index in [9.17, 15) is 9.18 Å². The molecule has 1 saturated heterocycles. The lowest BCUT2D eigenvalue weighted by molar-refractivity contribution is -0.198. The molecule has 1 aliphatic heterocycles. The molecule has 8 nitrogen and oxygen atoms in total. The van der Waals surface area contributed by atoms with E-state index in [1.54, 1.807) is 41.7 Å². The highest BCUT2D eigenvalue weighted by Gasteiger charge is 2.15. The molecule has 224 valence electrons. The number of aromatic nitrogens is 2. The van der Waals surface area contributed by atoms with E-state index in [-0.39, 0.29) is 18.3 Å². The van der Waals surface area contributed by atoms with Crippen LogP contribution in [0.2, 0.25) is 5.02 Å². The number of hydrogen-bond acceptors (Lipinski definition) is 8. The Balaban J connectivity index is 1.12. The summed E-state index contributed by atoms with van der Waals surface area (Å²) in [5, 5.41) is 4.58. The second kappa shape index (κ2) is 14.0. The zero-order valence-corrected chi connectivity index (χ0v) is 25.0. The first-order valence-electron chi connectivity index (χ1n) is 14.0. The SMILES string of the molecule is O=C(/C=C/c1ccc(-c2ccc3ncnc(Nc4ccc(OCc5cccc(F)c5)c(Cl)c4)c3c2)s1)NOC1CCCCO1. The molecular formula is C33H28ClFN4O4S. The van der Waals surface area contributed by atoms with Gasteiger partial charge in [-0.25, -0.2) is 24.7 Å². The number of ether oxygens (including phenoxy) is 2. The molecule has 1 unspecified atom stereocenters. The number of carbonyl (C=O) groups is 1. The van der Waals surface area contributed by atoms with E-state index in [1.165, 1.54) is 24.5 Å². The molecular weight excluding hydrogens is 603 g/mol. The zero-order valence-electron chi connectivity index (χ0n) is 23.5. The van der Waals surface area contributed by atoms with E-state index in [0.29, 0.717) is 28.8 Å². The van der Waals surface area contributed by atoms with Crippen LogP contribution in [-0.4, -0.2) is 28.8 Å². The van der Waals surface area contributed by atoms with Gasteiger partial charge in [-0.2, -0.15) is 0 Å². The summed E-state index contributed by atoms with van der Waals surface area (Å²) in [5.41, 5.74) is 5.63. The van der Waals surface area contributed by atoms with Crippen LogP contribution in [0.1, 0.15) is 29.7 Å². The van der Waals surface area contributed by atoms with Crippen molar-refractivity contribution in [3.05, 3.63) is 106 Å². The number of nitrogens with one attached hydrogen (secondary N) is 2. The highest BCUT2D eigenvalue weighted by Crippen LogP contribution is 2.34. The topological polar surface area (TPSA) is 94.6 Å². The van der Waals surface area contributed by atoms with Gasteiger partial charge in [-0.1, -0.05) is 29.8 Å². The lowest BCUT2D eigenvalue weighted by atomic mass is 10.1. The van der Waals surface area contributed by atoms with Crippen LogP contribution in [0.4, 0.5) is 15.9 Å². The van der Waals surface area contributed by atoms with Crippen LogP contribution in [0.15, 0.2) is 85.2 Å². The molecule has 3 heterocycles. The lowest BCUT2D eigenvalue weighted by Gasteiger charge is -2.21. The van der Waals surface area contributed by atoms with Gasteiger partial charge in [0.15, 0.2) is 6.29 Å². The predicted octanol–water partition coefficient (Wildman–Crippen LogP) is 8.06. The molecule has 2 N–H and O–H groups in total. The quantitative estimate of drug-likeness (QED) is 0.119. The fourth-order valence-corrected chi connectivity index (χ4v) is 5.79. The molecule has 1 aliphatic rings. The van der Waals surface area contributed by atoms with Crippen molar-refractivity contribution < 1.29 is 23.5 Å². The minimum absolute atomic E-state index is 0.196. The molecule has 1 amide bonds. The number of rotatable bonds is 10. The maximum atomic E-state index is 13.5. The zero-order chi connectivity index (χ0) is 30.3. The van der Waals surface area contributed by atoms with E-state index in [4.69, 9.17) is 25.9 Å². The normalized spacial score (nSPS) is 15.0. The number of hydrogen-bond donors (Lipinski definition) is 2. The van der Waals surface area contributed by atoms with Crippen molar-refractivity contribution in [2.24, 2.45) is 0 Å². The molecule has 0 aliphatic carbocycles. The van der Waals surface area contributed by atoms with Gasteiger partial charge in [-0.05, 0) is 84.6 Å². The van der Waals surface area contributed by atoms with Crippen LogP contribution < -0.4 is 15.5 Å². The first kappa shape index (κ1) is 29.7. The number of nitrogens with zero attached hydrogens (tertiary/aromatic N) is 2. The van der Waals surface area contributed by atoms with Crippen molar-refractivity contribution in [2.75, 3.05) is 11.9 Å². The Hall–Kier alpha value is -4.35. The van der Waals surface area contributed by atoms with E-state index in [0.717, 1.165) is 51.2 Å². The Morgan fingerprint density at radius 1 is 1.09 bits per heavy atom. The van der Waals surface area contributed by atoms with Crippen LogP contribution in [0.5, 0.6) is 5.75 Å². The molecule has 11 heteroatoms. The highest BCUT2D eigenvalue weighted by atomic mass is 35.5. The molecule has 3 aromatic carbocycles. The minimum atomic E-state index is -0.394. The van der Waals surface area contributed by atoms with Gasteiger partial charge in [-0.15, -0.1) is 11.3 Å². The molecule has 44 heavy (non-hydrogen) atoms. The van der Waals surface area contributed by atoms with Crippen LogP contribution in [-0.2, 0) is 21.0 Å². The van der Waals surface area contributed by atoms with Crippen LogP contribution >= 0.6 is 22.9 Å². The summed E-state index contributed by atoms with van der Waals surface area (Å²) < 4.78 is 24.7. The van der Waals surface area contributed by atoms with E-state index in [1.807, 2.05) is 36.4 Å². The second-order valence-electron chi connectivity index (χ2n) is 10.1. The third-order valence-corrected chi connectivity index (χ3v) is 8.25. The molecule has 0 spiro atoms. The van der Waals surface area contributed by atoms with Crippen LogP contribution in [0.25, 0.3) is 27.4 Å². The molecule has 1 fully saturated rings. The van der Waals surface area contributed by atoms with Gasteiger partial charge in [0.05, 0.1) is 10.5 Å². The number of benzene rings is 3. The summed E-state index contributed by atoms with van der Waals surface area (Å²) in [6.07, 6.45) is 7.10. The fourth-order valence-electron chi connectivity index (χ4n) is 4.65. The van der Waals surface area contributed by atoms with Crippen molar-refractivity contribution >= 4 is 57.3 Å².